The van der Waals surface area contributed by atoms with Crippen molar-refractivity contribution in [2.45, 2.75) is 6.18 Å². The second-order valence-electron chi connectivity index (χ2n) is 5.43. The summed E-state index contributed by atoms with van der Waals surface area (Å²) in [7, 11) is 0. The summed E-state index contributed by atoms with van der Waals surface area (Å²) >= 11 is 0. The third kappa shape index (κ3) is 3.38. The number of halogens is 4. The Morgan fingerprint density at radius 1 is 0.960 bits per heavy atom. The van der Waals surface area contributed by atoms with Crippen LogP contribution in [0.25, 0.3) is 22.4 Å². The van der Waals surface area contributed by atoms with Crippen LogP contribution in [0.3, 0.4) is 0 Å². The third-order valence-corrected chi connectivity index (χ3v) is 3.80. The molecule has 0 N–H and O–H groups in total. The average molecular weight is 341 g/mol. The molecule has 0 aromatic heterocycles. The van der Waals surface area contributed by atoms with Crippen LogP contribution in [0.2, 0.25) is 0 Å². The Kier molecular flexibility index (Phi) is 4.28. The lowest BCUT2D eigenvalue weighted by Crippen LogP contribution is -2.06. The fraction of sp³-hybridized carbons (Fsp3) is 0.0500. The molecule has 0 aliphatic carbocycles. The molecule has 0 amide bonds. The number of alkyl halides is 3. The second-order valence-corrected chi connectivity index (χ2v) is 5.43. The van der Waals surface area contributed by atoms with Crippen molar-refractivity contribution < 1.29 is 17.6 Å². The van der Waals surface area contributed by atoms with E-state index in [9.17, 15) is 22.8 Å². The van der Waals surface area contributed by atoms with Gasteiger partial charge in [-0.2, -0.15) is 18.4 Å². The van der Waals surface area contributed by atoms with Gasteiger partial charge in [0, 0.05) is 5.39 Å². The first-order chi connectivity index (χ1) is 11.9. The van der Waals surface area contributed by atoms with Crippen LogP contribution in [0, 0.1) is 17.1 Å². The number of nitriles is 1. The van der Waals surface area contributed by atoms with Crippen LogP contribution in [-0.2, 0) is 6.18 Å². The summed E-state index contributed by atoms with van der Waals surface area (Å²) in [6.45, 7) is 0. The van der Waals surface area contributed by atoms with E-state index >= 15 is 0 Å². The molecule has 124 valence electrons. The minimum absolute atomic E-state index is 0.0154. The molecule has 0 aliphatic heterocycles. The van der Waals surface area contributed by atoms with Crippen molar-refractivity contribution in [2.75, 3.05) is 0 Å². The van der Waals surface area contributed by atoms with Gasteiger partial charge in [0.2, 0.25) is 0 Å². The van der Waals surface area contributed by atoms with E-state index < -0.39 is 17.6 Å². The predicted molar refractivity (Wildman–Crippen MR) is 88.8 cm³/mol. The maximum Gasteiger partial charge on any atom is 0.417 e. The Morgan fingerprint density at radius 2 is 1.64 bits per heavy atom. The summed E-state index contributed by atoms with van der Waals surface area (Å²) in [5.41, 5.74) is -0.118. The SMILES string of the molecule is N#CC(=Cc1cccc2cccc(C(F)(F)F)c12)c1cccc(F)c1. The lowest BCUT2D eigenvalue weighted by molar-refractivity contribution is -0.136. The van der Waals surface area contributed by atoms with Crippen LogP contribution in [0.4, 0.5) is 17.6 Å². The number of nitrogens with zero attached hydrogens (tertiary/aromatic N) is 1. The van der Waals surface area contributed by atoms with Crippen molar-refractivity contribution in [3.8, 4) is 6.07 Å². The van der Waals surface area contributed by atoms with Gasteiger partial charge in [0.1, 0.15) is 5.82 Å². The number of hydrogen-bond donors (Lipinski definition) is 0. The van der Waals surface area contributed by atoms with E-state index in [2.05, 4.69) is 0 Å². The average Bonchev–Trinajstić information content (AvgIpc) is 2.58. The molecule has 5 heteroatoms. The lowest BCUT2D eigenvalue weighted by atomic mass is 9.96. The number of allylic oxidation sites excluding steroid dienone is 1. The Labute approximate surface area is 141 Å². The van der Waals surface area contributed by atoms with Crippen molar-refractivity contribution in [2.24, 2.45) is 0 Å². The summed E-state index contributed by atoms with van der Waals surface area (Å²) in [6, 6.07) is 16.0. The molecule has 3 rings (SSSR count). The topological polar surface area (TPSA) is 23.8 Å². The van der Waals surface area contributed by atoms with E-state index in [1.54, 1.807) is 18.2 Å². The largest absolute Gasteiger partial charge is 0.417 e. The van der Waals surface area contributed by atoms with Gasteiger partial charge in [-0.1, -0.05) is 42.5 Å². The van der Waals surface area contributed by atoms with Gasteiger partial charge in [0.05, 0.1) is 17.2 Å². The zero-order valence-electron chi connectivity index (χ0n) is 12.8. The van der Waals surface area contributed by atoms with E-state index in [4.69, 9.17) is 0 Å². The Bertz CT molecular complexity index is 1000. The van der Waals surface area contributed by atoms with Crippen LogP contribution in [0.15, 0.2) is 60.7 Å². The monoisotopic (exact) mass is 341 g/mol. The summed E-state index contributed by atoms with van der Waals surface area (Å²) in [5, 5.41) is 9.80. The summed E-state index contributed by atoms with van der Waals surface area (Å²) in [4.78, 5) is 0. The fourth-order valence-corrected chi connectivity index (χ4v) is 2.72. The molecule has 0 saturated carbocycles. The van der Waals surface area contributed by atoms with E-state index in [-0.39, 0.29) is 16.5 Å². The Morgan fingerprint density at radius 3 is 2.28 bits per heavy atom. The van der Waals surface area contributed by atoms with Crippen LogP contribution >= 0.6 is 0 Å². The molecule has 0 bridgehead atoms. The molecule has 0 fully saturated rings. The van der Waals surface area contributed by atoms with E-state index in [0.29, 0.717) is 10.9 Å². The van der Waals surface area contributed by atoms with Gasteiger partial charge in [-0.25, -0.2) is 4.39 Å². The van der Waals surface area contributed by atoms with E-state index in [1.807, 2.05) is 6.07 Å². The smallest absolute Gasteiger partial charge is 0.207 e. The van der Waals surface area contributed by atoms with Crippen molar-refractivity contribution in [1.29, 1.82) is 5.26 Å². The normalized spacial score (nSPS) is 12.2. The van der Waals surface area contributed by atoms with Crippen molar-refractivity contribution in [3.63, 3.8) is 0 Å². The molecule has 0 unspecified atom stereocenters. The number of rotatable bonds is 2. The van der Waals surface area contributed by atoms with Crippen molar-refractivity contribution in [3.05, 3.63) is 83.2 Å². The van der Waals surface area contributed by atoms with Crippen molar-refractivity contribution in [1.82, 2.24) is 0 Å². The molecule has 0 spiro atoms. The number of benzene rings is 3. The Hall–Kier alpha value is -3.13. The molecule has 0 atom stereocenters. The summed E-state index contributed by atoms with van der Waals surface area (Å²) in [6.07, 6.45) is -3.17. The molecule has 0 aliphatic rings. The highest BCUT2D eigenvalue weighted by atomic mass is 19.4. The number of hydrogen-bond acceptors (Lipinski definition) is 1. The highest BCUT2D eigenvalue weighted by Gasteiger charge is 2.32. The van der Waals surface area contributed by atoms with Crippen LogP contribution in [0.5, 0.6) is 0 Å². The van der Waals surface area contributed by atoms with E-state index in [1.165, 1.54) is 42.5 Å². The van der Waals surface area contributed by atoms with Gasteiger partial charge in [-0.3, -0.25) is 0 Å². The lowest BCUT2D eigenvalue weighted by Gasteiger charge is -2.13. The maximum atomic E-state index is 13.4. The standard InChI is InChI=1S/C20H11F4N/c21-17-8-2-6-14(11-17)16(12-25)10-15-7-1-4-13-5-3-9-18(19(13)15)20(22,23)24/h1-11H. The fourth-order valence-electron chi connectivity index (χ4n) is 2.72. The van der Waals surface area contributed by atoms with Gasteiger partial charge in [-0.15, -0.1) is 0 Å². The first kappa shape index (κ1) is 16.7. The molecule has 1 nitrogen and oxygen atoms in total. The third-order valence-electron chi connectivity index (χ3n) is 3.80. The predicted octanol–water partition coefficient (Wildman–Crippen LogP) is 6.06. The molecule has 0 radical (unpaired) electrons. The molecular weight excluding hydrogens is 330 g/mol. The summed E-state index contributed by atoms with van der Waals surface area (Å²) in [5.74, 6) is -0.521. The Balaban J connectivity index is 2.27. The molecule has 0 heterocycles. The molecule has 3 aromatic carbocycles. The van der Waals surface area contributed by atoms with Crippen LogP contribution < -0.4 is 0 Å². The zero-order valence-corrected chi connectivity index (χ0v) is 12.8. The minimum atomic E-state index is -4.52. The van der Waals surface area contributed by atoms with Gasteiger partial charge in [-0.05, 0) is 40.8 Å². The first-order valence-corrected chi connectivity index (χ1v) is 7.37. The quantitative estimate of drug-likeness (QED) is 0.316. The van der Waals surface area contributed by atoms with Crippen LogP contribution in [0.1, 0.15) is 16.7 Å². The van der Waals surface area contributed by atoms with Crippen LogP contribution in [-0.4, -0.2) is 0 Å². The van der Waals surface area contributed by atoms with Gasteiger partial charge >= 0.3 is 6.18 Å². The number of fused-ring (bicyclic) bond motifs is 1. The molecule has 25 heavy (non-hydrogen) atoms. The summed E-state index contributed by atoms with van der Waals surface area (Å²) < 4.78 is 53.5. The maximum absolute atomic E-state index is 13.4. The zero-order chi connectivity index (χ0) is 18.0. The minimum Gasteiger partial charge on any atom is -0.207 e. The first-order valence-electron chi connectivity index (χ1n) is 7.37. The van der Waals surface area contributed by atoms with Crippen molar-refractivity contribution >= 4 is 22.4 Å². The molecular formula is C20H11F4N. The van der Waals surface area contributed by atoms with E-state index in [0.717, 1.165) is 6.07 Å². The highest BCUT2D eigenvalue weighted by molar-refractivity contribution is 6.00. The van der Waals surface area contributed by atoms with Gasteiger partial charge in [0.15, 0.2) is 0 Å². The second kappa shape index (κ2) is 6.40. The van der Waals surface area contributed by atoms with Gasteiger partial charge < -0.3 is 0 Å². The van der Waals surface area contributed by atoms with Gasteiger partial charge in [0.25, 0.3) is 0 Å². The highest BCUT2D eigenvalue weighted by Crippen LogP contribution is 2.37. The molecule has 3 aromatic rings. The molecule has 0 saturated heterocycles.